The number of H-pyrrole nitrogens is 2. The van der Waals surface area contributed by atoms with Gasteiger partial charge in [0.2, 0.25) is 5.56 Å². The number of hydrogen-bond acceptors (Lipinski definition) is 2. The van der Waals surface area contributed by atoms with Crippen molar-refractivity contribution in [3.63, 3.8) is 0 Å². The van der Waals surface area contributed by atoms with E-state index >= 15 is 0 Å². The largest absolute Gasteiger partial charge is 0.338 e. The van der Waals surface area contributed by atoms with Crippen molar-refractivity contribution in [2.24, 2.45) is 0 Å². The Bertz CT molecular complexity index is 768. The van der Waals surface area contributed by atoms with Gasteiger partial charge in [-0.05, 0) is 30.7 Å². The van der Waals surface area contributed by atoms with Crippen LogP contribution in [0.25, 0.3) is 22.4 Å². The van der Waals surface area contributed by atoms with Crippen LogP contribution in [0, 0.1) is 6.92 Å². The van der Waals surface area contributed by atoms with E-state index < -0.39 is 0 Å². The van der Waals surface area contributed by atoms with Gasteiger partial charge in [0.15, 0.2) is 0 Å². The van der Waals surface area contributed by atoms with Crippen LogP contribution < -0.4 is 5.56 Å². The summed E-state index contributed by atoms with van der Waals surface area (Å²) in [5.74, 6) is 0.752. The Morgan fingerprint density at radius 2 is 2.11 bits per heavy atom. The third-order valence-corrected chi connectivity index (χ3v) is 3.26. The van der Waals surface area contributed by atoms with Gasteiger partial charge in [-0.15, -0.1) is 0 Å². The number of pyridine rings is 1. The number of halogens is 1. The Balaban J connectivity index is 2.22. The Morgan fingerprint density at radius 1 is 1.28 bits per heavy atom. The number of hydrogen-bond donors (Lipinski definition) is 2. The molecule has 3 rings (SSSR count). The molecule has 2 heterocycles. The number of imidazole rings is 1. The van der Waals surface area contributed by atoms with E-state index in [1.165, 1.54) is 6.07 Å². The zero-order valence-corrected chi connectivity index (χ0v) is 11.2. The molecule has 2 N–H and O–H groups in total. The smallest absolute Gasteiger partial charge is 0.247 e. The molecule has 0 aliphatic heterocycles. The van der Waals surface area contributed by atoms with E-state index in [-0.39, 0.29) is 5.56 Å². The van der Waals surface area contributed by atoms with Crippen LogP contribution in [0.3, 0.4) is 0 Å². The first-order chi connectivity index (χ1) is 8.63. The summed E-state index contributed by atoms with van der Waals surface area (Å²) < 4.78 is 1.02. The fourth-order valence-electron chi connectivity index (χ4n) is 1.94. The van der Waals surface area contributed by atoms with Crippen LogP contribution in [-0.2, 0) is 0 Å². The fourth-order valence-corrected chi connectivity index (χ4v) is 2.51. The van der Waals surface area contributed by atoms with Gasteiger partial charge >= 0.3 is 0 Å². The number of aryl methyl sites for hydroxylation is 1. The van der Waals surface area contributed by atoms with E-state index in [1.54, 1.807) is 12.3 Å². The first-order valence-electron chi connectivity index (χ1n) is 5.48. The lowest BCUT2D eigenvalue weighted by molar-refractivity contribution is 1.22. The van der Waals surface area contributed by atoms with Gasteiger partial charge in [-0.2, -0.15) is 0 Å². The highest BCUT2D eigenvalue weighted by Crippen LogP contribution is 2.25. The van der Waals surface area contributed by atoms with E-state index in [4.69, 9.17) is 0 Å². The molecular formula is C13H10BrN3O. The maximum Gasteiger partial charge on any atom is 0.247 e. The van der Waals surface area contributed by atoms with Crippen molar-refractivity contribution in [3.05, 3.63) is 50.9 Å². The summed E-state index contributed by atoms with van der Waals surface area (Å²) in [6.07, 6.45) is 1.66. The van der Waals surface area contributed by atoms with Gasteiger partial charge in [-0.3, -0.25) is 4.79 Å². The molecule has 0 radical (unpaired) electrons. The molecule has 2 aromatic heterocycles. The SMILES string of the molecule is Cc1cc(Br)cc2[nH]c(-c3ccc(=O)[nH]c3)nc12. The summed E-state index contributed by atoms with van der Waals surface area (Å²) in [4.78, 5) is 21.5. The number of nitrogens with zero attached hydrogens (tertiary/aromatic N) is 1. The second kappa shape index (κ2) is 4.10. The lowest BCUT2D eigenvalue weighted by Gasteiger charge is -1.94. The Kier molecular flexibility index (Phi) is 2.56. The third kappa shape index (κ3) is 1.86. The van der Waals surface area contributed by atoms with Gasteiger partial charge in [0, 0.05) is 22.3 Å². The highest BCUT2D eigenvalue weighted by Gasteiger charge is 2.08. The van der Waals surface area contributed by atoms with Crippen molar-refractivity contribution < 1.29 is 0 Å². The predicted octanol–water partition coefficient (Wildman–Crippen LogP) is 2.99. The highest BCUT2D eigenvalue weighted by molar-refractivity contribution is 9.10. The molecule has 1 aromatic carbocycles. The summed E-state index contributed by atoms with van der Waals surface area (Å²) in [6.45, 7) is 2.02. The molecule has 0 saturated heterocycles. The summed E-state index contributed by atoms with van der Waals surface area (Å²) in [6, 6.07) is 7.26. The molecule has 0 fully saturated rings. The maximum atomic E-state index is 11.0. The Labute approximate surface area is 111 Å². The van der Waals surface area contributed by atoms with Crippen LogP contribution in [-0.4, -0.2) is 15.0 Å². The minimum absolute atomic E-state index is 0.117. The summed E-state index contributed by atoms with van der Waals surface area (Å²) in [5.41, 5.74) is 3.77. The topological polar surface area (TPSA) is 61.5 Å². The average Bonchev–Trinajstić information content (AvgIpc) is 2.74. The standard InChI is InChI=1S/C13H10BrN3O/c1-7-4-9(14)5-10-12(7)17-13(16-10)8-2-3-11(18)15-6-8/h2-6H,1H3,(H,15,18)(H,16,17). The minimum Gasteiger partial charge on any atom is -0.338 e. The van der Waals surface area contributed by atoms with Crippen LogP contribution >= 0.6 is 15.9 Å². The molecule has 0 spiro atoms. The van der Waals surface area contributed by atoms with Crippen LogP contribution in [0.4, 0.5) is 0 Å². The molecule has 0 saturated carbocycles. The van der Waals surface area contributed by atoms with Crippen LogP contribution in [0.15, 0.2) is 39.7 Å². The second-order valence-electron chi connectivity index (χ2n) is 4.15. The number of fused-ring (bicyclic) bond motifs is 1. The van der Waals surface area contributed by atoms with Crippen molar-refractivity contribution >= 4 is 27.0 Å². The van der Waals surface area contributed by atoms with Gasteiger partial charge in [-0.1, -0.05) is 15.9 Å². The zero-order valence-electron chi connectivity index (χ0n) is 9.62. The van der Waals surface area contributed by atoms with Gasteiger partial charge in [0.1, 0.15) is 5.82 Å². The molecule has 0 bridgehead atoms. The summed E-state index contributed by atoms with van der Waals surface area (Å²) in [5, 5.41) is 0. The summed E-state index contributed by atoms with van der Waals surface area (Å²) >= 11 is 3.46. The third-order valence-electron chi connectivity index (χ3n) is 2.80. The van der Waals surface area contributed by atoms with Crippen LogP contribution in [0.1, 0.15) is 5.56 Å². The van der Waals surface area contributed by atoms with Crippen LogP contribution in [0.5, 0.6) is 0 Å². The van der Waals surface area contributed by atoms with Crippen molar-refractivity contribution in [2.75, 3.05) is 0 Å². The lowest BCUT2D eigenvalue weighted by atomic mass is 10.2. The van der Waals surface area contributed by atoms with Gasteiger partial charge in [0.05, 0.1) is 11.0 Å². The van der Waals surface area contributed by atoms with Crippen molar-refractivity contribution in [1.82, 2.24) is 15.0 Å². The Hall–Kier alpha value is -1.88. The number of aromatic nitrogens is 3. The number of benzene rings is 1. The van der Waals surface area contributed by atoms with Gasteiger partial charge in [-0.25, -0.2) is 4.98 Å². The second-order valence-corrected chi connectivity index (χ2v) is 5.06. The molecule has 0 aliphatic carbocycles. The number of nitrogens with one attached hydrogen (secondary N) is 2. The number of aromatic amines is 2. The van der Waals surface area contributed by atoms with E-state index in [0.717, 1.165) is 32.5 Å². The van der Waals surface area contributed by atoms with E-state index in [0.29, 0.717) is 0 Å². The molecule has 0 atom stereocenters. The molecule has 18 heavy (non-hydrogen) atoms. The molecular weight excluding hydrogens is 294 g/mol. The average molecular weight is 304 g/mol. The van der Waals surface area contributed by atoms with E-state index in [2.05, 4.69) is 30.9 Å². The molecule has 90 valence electrons. The van der Waals surface area contributed by atoms with E-state index in [1.807, 2.05) is 19.1 Å². The quantitative estimate of drug-likeness (QED) is 0.726. The summed E-state index contributed by atoms with van der Waals surface area (Å²) in [7, 11) is 0. The fraction of sp³-hybridized carbons (Fsp3) is 0.0769. The van der Waals surface area contributed by atoms with Crippen molar-refractivity contribution in [1.29, 1.82) is 0 Å². The maximum absolute atomic E-state index is 11.0. The lowest BCUT2D eigenvalue weighted by Crippen LogP contribution is -2.01. The van der Waals surface area contributed by atoms with Gasteiger partial charge < -0.3 is 9.97 Å². The predicted molar refractivity (Wildman–Crippen MR) is 74.6 cm³/mol. The van der Waals surface area contributed by atoms with E-state index in [9.17, 15) is 4.79 Å². The molecule has 5 heteroatoms. The Morgan fingerprint density at radius 3 is 2.83 bits per heavy atom. The first kappa shape index (κ1) is 11.2. The van der Waals surface area contributed by atoms with Gasteiger partial charge in [0.25, 0.3) is 0 Å². The monoisotopic (exact) mass is 303 g/mol. The van der Waals surface area contributed by atoms with Crippen LogP contribution in [0.2, 0.25) is 0 Å². The zero-order chi connectivity index (χ0) is 12.7. The highest BCUT2D eigenvalue weighted by atomic mass is 79.9. The normalized spacial score (nSPS) is 11.0. The molecule has 0 unspecified atom stereocenters. The molecule has 0 aliphatic rings. The number of rotatable bonds is 1. The minimum atomic E-state index is -0.117. The van der Waals surface area contributed by atoms with Crippen molar-refractivity contribution in [3.8, 4) is 11.4 Å². The molecule has 4 nitrogen and oxygen atoms in total. The van der Waals surface area contributed by atoms with Crippen molar-refractivity contribution in [2.45, 2.75) is 6.92 Å². The first-order valence-corrected chi connectivity index (χ1v) is 6.28. The molecule has 3 aromatic rings. The molecule has 0 amide bonds.